The van der Waals surface area contributed by atoms with Crippen LogP contribution < -0.4 is 0 Å². The summed E-state index contributed by atoms with van der Waals surface area (Å²) in [7, 11) is 0. The Kier molecular flexibility index (Phi) is 3.86. The Morgan fingerprint density at radius 3 is 1.83 bits per heavy atom. The molecule has 0 saturated heterocycles. The van der Waals surface area contributed by atoms with Gasteiger partial charge in [-0.15, -0.1) is 0 Å². The summed E-state index contributed by atoms with van der Waals surface area (Å²) in [5, 5.41) is 0. The molecular formula is C23H22Zr. The first-order chi connectivity index (χ1) is 11.9. The second-order valence-corrected chi connectivity index (χ2v) is 14.2. The van der Waals surface area contributed by atoms with Crippen LogP contribution in [0.1, 0.15) is 40.4 Å². The molecule has 1 fully saturated rings. The zero-order valence-corrected chi connectivity index (χ0v) is 16.4. The average Bonchev–Trinajstić information content (AvgIpc) is 3.37. The van der Waals surface area contributed by atoms with Crippen molar-refractivity contribution in [2.45, 2.75) is 32.9 Å². The van der Waals surface area contributed by atoms with Gasteiger partial charge in [0, 0.05) is 0 Å². The van der Waals surface area contributed by atoms with E-state index in [9.17, 15) is 0 Å². The molecule has 0 heterocycles. The molecule has 118 valence electrons. The molecule has 0 nitrogen and oxygen atoms in total. The molecule has 0 radical (unpaired) electrons. The van der Waals surface area contributed by atoms with E-state index >= 15 is 0 Å². The van der Waals surface area contributed by atoms with Gasteiger partial charge in [0.15, 0.2) is 0 Å². The van der Waals surface area contributed by atoms with Crippen molar-refractivity contribution >= 4 is 3.21 Å². The Balaban J connectivity index is 1.76. The fraction of sp³-hybridized carbons (Fsp3) is 0.261. The predicted octanol–water partition coefficient (Wildman–Crippen LogP) is 6.04. The maximum atomic E-state index is 2.50. The standard InChI is InChI=1S/C13H9.C5H8.C5H5.Zr/c1-3-7-12-10(5-1)9-11-6-2-4-8-13(11)12;2*1-2-4-5-3-1;/h1-9H;1-4H2;1-5H;. The van der Waals surface area contributed by atoms with Crippen molar-refractivity contribution in [1.29, 1.82) is 0 Å². The molecule has 1 heteroatoms. The molecule has 1 saturated carbocycles. The molecule has 0 N–H and O–H groups in total. The zero-order valence-electron chi connectivity index (χ0n) is 13.9. The summed E-state index contributed by atoms with van der Waals surface area (Å²) < 4.78 is 3.46. The van der Waals surface area contributed by atoms with E-state index in [1.807, 2.05) is 3.21 Å². The molecule has 0 aliphatic heterocycles. The molecule has 0 bridgehead atoms. The van der Waals surface area contributed by atoms with Gasteiger partial charge >= 0.3 is 152 Å². The van der Waals surface area contributed by atoms with Crippen molar-refractivity contribution in [2.75, 3.05) is 0 Å². The molecular weight excluding hydrogens is 367 g/mol. The maximum absolute atomic E-state index is 2.50. The Labute approximate surface area is 152 Å². The molecule has 0 atom stereocenters. The van der Waals surface area contributed by atoms with Crippen LogP contribution in [0.15, 0.2) is 72.8 Å². The van der Waals surface area contributed by atoms with E-state index in [1.54, 1.807) is 11.1 Å². The van der Waals surface area contributed by atoms with Gasteiger partial charge < -0.3 is 0 Å². The topological polar surface area (TPSA) is 0 Å². The van der Waals surface area contributed by atoms with Crippen molar-refractivity contribution < 1.29 is 21.3 Å². The van der Waals surface area contributed by atoms with Gasteiger partial charge in [-0.1, -0.05) is 0 Å². The van der Waals surface area contributed by atoms with E-state index in [-0.39, 0.29) is 0 Å². The van der Waals surface area contributed by atoms with Crippen LogP contribution in [0.3, 0.4) is 0 Å². The second kappa shape index (κ2) is 6.19. The van der Waals surface area contributed by atoms with Crippen LogP contribution in [0.2, 0.25) is 3.63 Å². The number of fused-ring (bicyclic) bond motifs is 3. The Morgan fingerprint density at radius 2 is 1.25 bits per heavy atom. The van der Waals surface area contributed by atoms with Gasteiger partial charge in [0.2, 0.25) is 0 Å². The van der Waals surface area contributed by atoms with E-state index < -0.39 is 21.3 Å². The average molecular weight is 390 g/mol. The van der Waals surface area contributed by atoms with Crippen molar-refractivity contribution in [3.05, 3.63) is 84.0 Å². The molecule has 24 heavy (non-hydrogen) atoms. The fourth-order valence-electron chi connectivity index (χ4n) is 4.85. The molecule has 5 rings (SSSR count). The normalized spacial score (nSPS) is 19.1. The summed E-state index contributed by atoms with van der Waals surface area (Å²) in [6, 6.07) is 18.4. The zero-order chi connectivity index (χ0) is 15.9. The van der Waals surface area contributed by atoms with Gasteiger partial charge in [0.05, 0.1) is 0 Å². The molecule has 3 aliphatic rings. The number of benzene rings is 2. The number of rotatable bonds is 2. The Hall–Kier alpha value is -1.33. The predicted molar refractivity (Wildman–Crippen MR) is 99.2 cm³/mol. The van der Waals surface area contributed by atoms with Crippen molar-refractivity contribution in [2.24, 2.45) is 0 Å². The van der Waals surface area contributed by atoms with Crippen LogP contribution in [0, 0.1) is 0 Å². The summed E-state index contributed by atoms with van der Waals surface area (Å²) >= 11 is -1.85. The van der Waals surface area contributed by atoms with E-state index in [1.165, 1.54) is 36.8 Å². The van der Waals surface area contributed by atoms with Crippen LogP contribution in [0.25, 0.3) is 11.1 Å². The third-order valence-electron chi connectivity index (χ3n) is 5.87. The van der Waals surface area contributed by atoms with Gasteiger partial charge in [-0.2, -0.15) is 0 Å². The van der Waals surface area contributed by atoms with E-state index in [0.717, 1.165) is 3.63 Å². The number of allylic oxidation sites excluding steroid dienone is 4. The first-order valence-electron chi connectivity index (χ1n) is 9.18. The summed E-state index contributed by atoms with van der Waals surface area (Å²) in [4.78, 5) is 0. The van der Waals surface area contributed by atoms with Crippen LogP contribution in [0.5, 0.6) is 0 Å². The summed E-state index contributed by atoms with van der Waals surface area (Å²) in [5.41, 5.74) is 6.25. The minimum absolute atomic E-state index is 0.713. The van der Waals surface area contributed by atoms with Crippen molar-refractivity contribution in [3.63, 3.8) is 0 Å². The van der Waals surface area contributed by atoms with E-state index in [2.05, 4.69) is 72.8 Å². The van der Waals surface area contributed by atoms with Crippen molar-refractivity contribution in [3.8, 4) is 11.1 Å². The van der Waals surface area contributed by atoms with E-state index in [0.29, 0.717) is 3.63 Å². The third kappa shape index (κ3) is 2.32. The molecule has 0 aromatic heterocycles. The molecule has 2 aromatic rings. The summed E-state index contributed by atoms with van der Waals surface area (Å²) in [5.74, 6) is 0. The van der Waals surface area contributed by atoms with Crippen molar-refractivity contribution in [1.82, 2.24) is 0 Å². The van der Waals surface area contributed by atoms with Gasteiger partial charge in [-0.05, 0) is 0 Å². The summed E-state index contributed by atoms with van der Waals surface area (Å²) in [6.45, 7) is 0. The van der Waals surface area contributed by atoms with Gasteiger partial charge in [0.1, 0.15) is 0 Å². The van der Waals surface area contributed by atoms with Gasteiger partial charge in [-0.3, -0.25) is 0 Å². The molecule has 0 amide bonds. The number of hydrogen-bond acceptors (Lipinski definition) is 0. The van der Waals surface area contributed by atoms with Crippen LogP contribution in [-0.4, -0.2) is 3.21 Å². The molecule has 3 aliphatic carbocycles. The van der Waals surface area contributed by atoms with E-state index in [4.69, 9.17) is 0 Å². The SMILES string of the molecule is C1=C[CH]([Zr](=[C]2CCCC2)[CH]2c3ccccc3-c3ccccc32)C=C1. The third-order valence-corrected chi connectivity index (χ3v) is 14.9. The monoisotopic (exact) mass is 388 g/mol. The molecule has 2 aromatic carbocycles. The first-order valence-corrected chi connectivity index (χ1v) is 13.3. The number of hydrogen-bond donors (Lipinski definition) is 0. The van der Waals surface area contributed by atoms with Crippen LogP contribution in [-0.2, 0) is 21.3 Å². The van der Waals surface area contributed by atoms with Gasteiger partial charge in [-0.25, -0.2) is 0 Å². The van der Waals surface area contributed by atoms with Crippen LogP contribution in [0.4, 0.5) is 0 Å². The molecule has 0 spiro atoms. The first kappa shape index (κ1) is 15.0. The minimum atomic E-state index is -1.85. The fourth-order valence-corrected chi connectivity index (χ4v) is 14.7. The Morgan fingerprint density at radius 1 is 0.708 bits per heavy atom. The molecule has 0 unspecified atom stereocenters. The second-order valence-electron chi connectivity index (χ2n) is 7.17. The van der Waals surface area contributed by atoms with Crippen LogP contribution >= 0.6 is 0 Å². The van der Waals surface area contributed by atoms with Gasteiger partial charge in [0.25, 0.3) is 0 Å². The quantitative estimate of drug-likeness (QED) is 0.588. The Bertz CT molecular complexity index is 819. The summed E-state index contributed by atoms with van der Waals surface area (Å²) in [6.07, 6.45) is 15.3.